The van der Waals surface area contributed by atoms with Crippen LogP contribution in [0.25, 0.3) is 0 Å². The number of likely N-dealkylation sites (tertiary alicyclic amines) is 1. The second-order valence-electron chi connectivity index (χ2n) is 6.33. The monoisotopic (exact) mass is 405 g/mol. The second-order valence-corrected chi connectivity index (χ2v) is 8.56. The van der Waals surface area contributed by atoms with Crippen LogP contribution in [0.15, 0.2) is 53.4 Å². The van der Waals surface area contributed by atoms with E-state index in [9.17, 15) is 13.2 Å². The number of ether oxygens (including phenoxy) is 3. The van der Waals surface area contributed by atoms with E-state index in [4.69, 9.17) is 14.2 Å². The molecule has 150 valence electrons. The summed E-state index contributed by atoms with van der Waals surface area (Å²) in [6.07, 6.45) is 0. The highest BCUT2D eigenvalue weighted by molar-refractivity contribution is 7.92. The molecule has 1 fully saturated rings. The molecule has 1 saturated heterocycles. The van der Waals surface area contributed by atoms with Gasteiger partial charge in [-0.3, -0.25) is 4.79 Å². The van der Waals surface area contributed by atoms with Crippen molar-refractivity contribution in [1.82, 2.24) is 4.90 Å². The first-order valence-corrected chi connectivity index (χ1v) is 10.5. The van der Waals surface area contributed by atoms with Crippen LogP contribution in [0.3, 0.4) is 0 Å². The fourth-order valence-corrected chi connectivity index (χ4v) is 4.48. The van der Waals surface area contributed by atoms with Crippen LogP contribution in [0.5, 0.6) is 17.2 Å². The number of amides is 1. The van der Waals surface area contributed by atoms with E-state index < -0.39 is 15.1 Å². The predicted molar refractivity (Wildman–Crippen MR) is 104 cm³/mol. The van der Waals surface area contributed by atoms with Crippen molar-refractivity contribution in [1.29, 1.82) is 0 Å². The molecule has 0 bridgehead atoms. The first-order valence-electron chi connectivity index (χ1n) is 8.95. The lowest BCUT2D eigenvalue weighted by Gasteiger charge is -2.38. The van der Waals surface area contributed by atoms with Gasteiger partial charge in [0.15, 0.2) is 16.4 Å². The van der Waals surface area contributed by atoms with E-state index in [0.717, 1.165) is 5.75 Å². The normalized spacial score (nSPS) is 14.3. The molecule has 1 heterocycles. The summed E-state index contributed by atoms with van der Waals surface area (Å²) in [5, 5.41) is -0.602. The Balaban J connectivity index is 1.50. The van der Waals surface area contributed by atoms with Gasteiger partial charge in [0.2, 0.25) is 0 Å². The average Bonchev–Trinajstić information content (AvgIpc) is 2.66. The third kappa shape index (κ3) is 4.39. The molecular formula is C20H23NO6S. The van der Waals surface area contributed by atoms with Crippen LogP contribution in [0.1, 0.15) is 6.92 Å². The highest BCUT2D eigenvalue weighted by atomic mass is 32.2. The number of rotatable bonds is 8. The summed E-state index contributed by atoms with van der Waals surface area (Å²) in [5.74, 6) is 1.64. The van der Waals surface area contributed by atoms with Gasteiger partial charge in [-0.15, -0.1) is 0 Å². The van der Waals surface area contributed by atoms with Crippen LogP contribution in [0.2, 0.25) is 0 Å². The third-order valence-corrected chi connectivity index (χ3v) is 6.63. The summed E-state index contributed by atoms with van der Waals surface area (Å²) in [4.78, 5) is 13.9. The smallest absolute Gasteiger partial charge is 0.260 e. The zero-order valence-corrected chi connectivity index (χ0v) is 16.6. The molecule has 0 aliphatic carbocycles. The molecule has 2 aromatic carbocycles. The molecule has 0 unspecified atom stereocenters. The molecule has 0 atom stereocenters. The van der Waals surface area contributed by atoms with Crippen molar-refractivity contribution in [2.24, 2.45) is 0 Å². The zero-order chi connectivity index (χ0) is 20.1. The molecule has 1 amide bonds. The van der Waals surface area contributed by atoms with Crippen LogP contribution < -0.4 is 14.2 Å². The standard InChI is InChI=1S/C20H23NO6S/c1-3-26-16-4-6-17(7-5-16)27-14-20(22)21-12-19(13-21)28(23,24)18-10-8-15(25-2)9-11-18/h4-11,19H,3,12-14H2,1-2H3. The summed E-state index contributed by atoms with van der Waals surface area (Å²) >= 11 is 0. The minimum absolute atomic E-state index is 0.136. The zero-order valence-electron chi connectivity index (χ0n) is 15.8. The number of benzene rings is 2. The fourth-order valence-electron chi connectivity index (χ4n) is 2.83. The van der Waals surface area contributed by atoms with Crippen molar-refractivity contribution in [2.75, 3.05) is 33.4 Å². The van der Waals surface area contributed by atoms with Crippen molar-refractivity contribution in [3.8, 4) is 17.2 Å². The van der Waals surface area contributed by atoms with E-state index in [1.807, 2.05) is 6.92 Å². The van der Waals surface area contributed by atoms with E-state index in [2.05, 4.69) is 0 Å². The maximum atomic E-state index is 12.6. The Morgan fingerprint density at radius 3 is 2.04 bits per heavy atom. The number of nitrogens with zero attached hydrogens (tertiary/aromatic N) is 1. The Hall–Kier alpha value is -2.74. The third-order valence-electron chi connectivity index (χ3n) is 4.52. The molecule has 0 radical (unpaired) electrons. The summed E-state index contributed by atoms with van der Waals surface area (Å²) in [6.45, 7) is 2.68. The Morgan fingerprint density at radius 1 is 0.964 bits per heavy atom. The molecule has 1 aliphatic heterocycles. The summed E-state index contributed by atoms with van der Waals surface area (Å²) in [5.41, 5.74) is 0. The van der Waals surface area contributed by atoms with Crippen molar-refractivity contribution >= 4 is 15.7 Å². The maximum absolute atomic E-state index is 12.6. The molecule has 7 nitrogen and oxygen atoms in total. The summed E-state index contributed by atoms with van der Waals surface area (Å²) < 4.78 is 41.1. The first kappa shape index (κ1) is 20.0. The lowest BCUT2D eigenvalue weighted by atomic mass is 10.2. The van der Waals surface area contributed by atoms with E-state index >= 15 is 0 Å². The van der Waals surface area contributed by atoms with Crippen LogP contribution >= 0.6 is 0 Å². The fraction of sp³-hybridized carbons (Fsp3) is 0.350. The van der Waals surface area contributed by atoms with Gasteiger partial charge in [-0.1, -0.05) is 0 Å². The van der Waals surface area contributed by atoms with Crippen LogP contribution in [0, 0.1) is 0 Å². The molecule has 0 aromatic heterocycles. The van der Waals surface area contributed by atoms with Crippen molar-refractivity contribution in [3.63, 3.8) is 0 Å². The molecule has 8 heteroatoms. The van der Waals surface area contributed by atoms with Gasteiger partial charge in [-0.05, 0) is 55.5 Å². The van der Waals surface area contributed by atoms with Gasteiger partial charge in [0, 0.05) is 13.1 Å². The topological polar surface area (TPSA) is 82.1 Å². The summed E-state index contributed by atoms with van der Waals surface area (Å²) in [7, 11) is -1.95. The number of hydrogen-bond donors (Lipinski definition) is 0. The van der Waals surface area contributed by atoms with E-state index in [0.29, 0.717) is 18.1 Å². The van der Waals surface area contributed by atoms with E-state index in [1.165, 1.54) is 24.1 Å². The first-order chi connectivity index (χ1) is 13.4. The number of sulfone groups is 1. The van der Waals surface area contributed by atoms with E-state index in [1.54, 1.807) is 36.4 Å². The minimum atomic E-state index is -3.48. The highest BCUT2D eigenvalue weighted by Gasteiger charge is 2.40. The van der Waals surface area contributed by atoms with Gasteiger partial charge < -0.3 is 19.1 Å². The number of carbonyl (C=O) groups is 1. The maximum Gasteiger partial charge on any atom is 0.260 e. The van der Waals surface area contributed by atoms with Crippen LogP contribution in [-0.2, 0) is 14.6 Å². The van der Waals surface area contributed by atoms with Gasteiger partial charge in [-0.25, -0.2) is 8.42 Å². The van der Waals surface area contributed by atoms with E-state index in [-0.39, 0.29) is 30.5 Å². The minimum Gasteiger partial charge on any atom is -0.497 e. The summed E-state index contributed by atoms with van der Waals surface area (Å²) in [6, 6.07) is 13.3. The number of carbonyl (C=O) groups excluding carboxylic acids is 1. The van der Waals surface area contributed by atoms with Gasteiger partial charge in [0.25, 0.3) is 5.91 Å². The lowest BCUT2D eigenvalue weighted by Crippen LogP contribution is -2.57. The quantitative estimate of drug-likeness (QED) is 0.669. The Morgan fingerprint density at radius 2 is 1.50 bits per heavy atom. The van der Waals surface area contributed by atoms with Crippen molar-refractivity contribution in [3.05, 3.63) is 48.5 Å². The molecule has 3 rings (SSSR count). The molecular weight excluding hydrogens is 382 g/mol. The molecule has 28 heavy (non-hydrogen) atoms. The van der Waals surface area contributed by atoms with Gasteiger partial charge in [0.1, 0.15) is 22.5 Å². The SMILES string of the molecule is CCOc1ccc(OCC(=O)N2CC(S(=O)(=O)c3ccc(OC)cc3)C2)cc1. The number of methoxy groups -OCH3 is 1. The second kappa shape index (κ2) is 8.52. The molecule has 2 aromatic rings. The van der Waals surface area contributed by atoms with Gasteiger partial charge >= 0.3 is 0 Å². The average molecular weight is 405 g/mol. The number of hydrogen-bond acceptors (Lipinski definition) is 6. The molecule has 1 aliphatic rings. The van der Waals surface area contributed by atoms with Gasteiger partial charge in [-0.2, -0.15) is 0 Å². The van der Waals surface area contributed by atoms with Crippen molar-refractivity contribution in [2.45, 2.75) is 17.1 Å². The van der Waals surface area contributed by atoms with Crippen LogP contribution in [-0.4, -0.2) is 57.9 Å². The largest absolute Gasteiger partial charge is 0.497 e. The highest BCUT2D eigenvalue weighted by Crippen LogP contribution is 2.25. The Labute approximate surface area is 164 Å². The molecule has 0 N–H and O–H groups in total. The molecule has 0 saturated carbocycles. The molecule has 0 spiro atoms. The van der Waals surface area contributed by atoms with Crippen LogP contribution in [0.4, 0.5) is 0 Å². The van der Waals surface area contributed by atoms with Crippen molar-refractivity contribution < 1.29 is 27.4 Å². The Bertz CT molecular complexity index is 903. The lowest BCUT2D eigenvalue weighted by molar-refractivity contribution is -0.136. The van der Waals surface area contributed by atoms with Gasteiger partial charge in [0.05, 0.1) is 18.6 Å². The Kier molecular flexibility index (Phi) is 6.08. The predicted octanol–water partition coefficient (Wildman–Crippen LogP) is 2.16.